The van der Waals surface area contributed by atoms with Crippen molar-refractivity contribution in [2.45, 2.75) is 96.6 Å². The van der Waals surface area contributed by atoms with Crippen molar-refractivity contribution in [2.24, 2.45) is 23.0 Å². The third-order valence-electron chi connectivity index (χ3n) is 10.9. The molecule has 0 radical (unpaired) electrons. The summed E-state index contributed by atoms with van der Waals surface area (Å²) in [4.78, 5) is 64.2. The maximum Gasteiger partial charge on any atom is 0.407 e. The first-order valence-electron chi connectivity index (χ1n) is 19.5. The Labute approximate surface area is 333 Å². The number of amides is 5. The van der Waals surface area contributed by atoms with Crippen LogP contribution in [0.2, 0.25) is 0 Å². The van der Waals surface area contributed by atoms with Crippen LogP contribution in [0.1, 0.15) is 87.7 Å². The Bertz CT molecular complexity index is 1910. The molecule has 17 heteroatoms. The number of fused-ring (bicyclic) bond motifs is 1. The van der Waals surface area contributed by atoms with Crippen molar-refractivity contribution >= 4 is 45.4 Å². The normalized spacial score (nSPS) is 21.8. The Balaban J connectivity index is 0.000000188. The molecule has 15 nitrogen and oxygen atoms in total. The van der Waals surface area contributed by atoms with Crippen molar-refractivity contribution in [3.8, 4) is 0 Å². The maximum atomic E-state index is 13.3. The van der Waals surface area contributed by atoms with Gasteiger partial charge in [-0.2, -0.15) is 0 Å². The number of morpholine rings is 1. The van der Waals surface area contributed by atoms with Crippen molar-refractivity contribution in [1.82, 2.24) is 19.4 Å². The molecule has 2 saturated heterocycles. The van der Waals surface area contributed by atoms with Crippen LogP contribution in [0.25, 0.3) is 0 Å². The second kappa shape index (κ2) is 18.2. The third kappa shape index (κ3) is 11.2. The molecule has 0 bridgehead atoms. The van der Waals surface area contributed by atoms with E-state index >= 15 is 0 Å². The fraction of sp³-hybridized carbons (Fsp3) is 0.575. The fourth-order valence-electron chi connectivity index (χ4n) is 7.18. The number of carbonyl (C=O) groups is 5. The van der Waals surface area contributed by atoms with E-state index in [1.807, 2.05) is 39.8 Å². The predicted molar refractivity (Wildman–Crippen MR) is 210 cm³/mol. The number of nitrogens with two attached hydrogens (primary N) is 1. The lowest BCUT2D eigenvalue weighted by atomic mass is 9.85. The van der Waals surface area contributed by atoms with Crippen LogP contribution < -0.4 is 15.8 Å². The van der Waals surface area contributed by atoms with Crippen molar-refractivity contribution in [2.75, 3.05) is 38.2 Å². The lowest BCUT2D eigenvalue weighted by Crippen LogP contribution is -2.53. The van der Waals surface area contributed by atoms with Gasteiger partial charge in [0.15, 0.2) is 0 Å². The number of carboxylic acid groups (broad SMARTS) is 1. The number of halogens is 1. The summed E-state index contributed by atoms with van der Waals surface area (Å²) in [6, 6.07) is 10.8. The first-order chi connectivity index (χ1) is 26.9. The van der Waals surface area contributed by atoms with E-state index in [0.717, 1.165) is 30.5 Å². The van der Waals surface area contributed by atoms with Gasteiger partial charge in [-0.3, -0.25) is 28.8 Å². The number of nitrogens with zero attached hydrogens (tertiary/aromatic N) is 3. The van der Waals surface area contributed by atoms with Gasteiger partial charge in [-0.1, -0.05) is 46.2 Å². The molecular weight excluding hydrogens is 760 g/mol. The summed E-state index contributed by atoms with van der Waals surface area (Å²) in [5.41, 5.74) is 7.74. The molecule has 3 heterocycles. The van der Waals surface area contributed by atoms with E-state index in [-0.39, 0.29) is 46.7 Å². The van der Waals surface area contributed by atoms with Crippen LogP contribution in [0, 0.1) is 23.1 Å². The number of hydrogen-bond acceptors (Lipinski definition) is 9. The van der Waals surface area contributed by atoms with Gasteiger partial charge in [-0.15, -0.1) is 0 Å². The van der Waals surface area contributed by atoms with E-state index in [1.165, 1.54) is 11.0 Å². The molecule has 7 rings (SSSR count). The summed E-state index contributed by atoms with van der Waals surface area (Å²) in [5, 5.41) is 11.7. The zero-order valence-corrected chi connectivity index (χ0v) is 33.9. The Kier molecular flexibility index (Phi) is 13.9. The van der Waals surface area contributed by atoms with Gasteiger partial charge in [0.05, 0.1) is 25.0 Å². The zero-order chi connectivity index (χ0) is 41.7. The summed E-state index contributed by atoms with van der Waals surface area (Å²) >= 11 is 0. The van der Waals surface area contributed by atoms with Crippen molar-refractivity contribution in [1.29, 1.82) is 0 Å². The minimum absolute atomic E-state index is 0.0188. The van der Waals surface area contributed by atoms with E-state index in [1.54, 1.807) is 34.1 Å². The number of sulfonamides is 1. The SMILES string of the molecule is CC(C)(C)[C@H](Nc1ccc(C(=O)N2CCOCC2)cc1)C(=O)N1CCCC1C(N)=O.CCC1CC1C(=O)NS(=O)(=O)C1CC1.O=C(O)N1Cc2cccc(F)c2C1. The van der Waals surface area contributed by atoms with Crippen LogP contribution in [0.15, 0.2) is 42.5 Å². The number of benzene rings is 2. The second-order valence-electron chi connectivity index (χ2n) is 16.3. The first kappa shape index (κ1) is 43.4. The zero-order valence-electron chi connectivity index (χ0n) is 33.0. The van der Waals surface area contributed by atoms with Gasteiger partial charge in [0.25, 0.3) is 5.91 Å². The van der Waals surface area contributed by atoms with E-state index in [9.17, 15) is 36.8 Å². The van der Waals surface area contributed by atoms with Gasteiger partial charge >= 0.3 is 6.09 Å². The quantitative estimate of drug-likeness (QED) is 0.287. The molecule has 0 spiro atoms. The van der Waals surface area contributed by atoms with Gasteiger partial charge in [0.2, 0.25) is 27.7 Å². The number of likely N-dealkylation sites (tertiary alicyclic amines) is 1. The largest absolute Gasteiger partial charge is 0.465 e. The van der Waals surface area contributed by atoms with Crippen LogP contribution in [0.4, 0.5) is 14.9 Å². The van der Waals surface area contributed by atoms with Crippen LogP contribution in [-0.4, -0.2) is 108 Å². The smallest absolute Gasteiger partial charge is 0.407 e. The number of hydrogen-bond donors (Lipinski definition) is 4. The van der Waals surface area contributed by atoms with Gasteiger partial charge in [-0.25, -0.2) is 17.6 Å². The van der Waals surface area contributed by atoms with E-state index in [2.05, 4.69) is 10.0 Å². The standard InChI is InChI=1S/C22H32N4O4.C9H8FNO2.C9H15NO3S/c1-22(2,3)18(21(29)26-10-4-5-17(26)19(23)27)24-16-8-6-15(7-9-16)20(28)25-11-13-30-14-12-25;10-8-3-1-2-6-4-11(9(12)13)5-7(6)8;1-2-6-5-8(6)9(11)10-14(12,13)7-3-4-7/h6-9,17-18,24H,4-5,10-14H2,1-3H3,(H2,23,27);1-3H,4-5H2,(H,12,13);6-8H,2-5H2,1H3,(H,10,11)/t17?,18-;;/m1../s1. The third-order valence-corrected chi connectivity index (χ3v) is 12.7. The molecule has 5 aliphatic rings. The van der Waals surface area contributed by atoms with E-state index < -0.39 is 34.1 Å². The van der Waals surface area contributed by atoms with Crippen molar-refractivity contribution < 1.29 is 46.6 Å². The number of primary amides is 1. The van der Waals surface area contributed by atoms with E-state index in [4.69, 9.17) is 15.6 Å². The van der Waals surface area contributed by atoms with E-state index in [0.29, 0.717) is 75.7 Å². The fourth-order valence-corrected chi connectivity index (χ4v) is 8.53. The maximum absolute atomic E-state index is 13.3. The molecule has 0 aromatic heterocycles. The van der Waals surface area contributed by atoms with Crippen molar-refractivity contribution in [3.63, 3.8) is 0 Å². The molecule has 2 saturated carbocycles. The Morgan fingerprint density at radius 3 is 2.18 bits per heavy atom. The highest BCUT2D eigenvalue weighted by Gasteiger charge is 2.45. The first-order valence-corrected chi connectivity index (χ1v) is 21.1. The summed E-state index contributed by atoms with van der Waals surface area (Å²) in [5.74, 6) is -0.852. The molecule has 4 fully saturated rings. The van der Waals surface area contributed by atoms with Crippen LogP contribution >= 0.6 is 0 Å². The molecule has 57 heavy (non-hydrogen) atoms. The Morgan fingerprint density at radius 2 is 1.63 bits per heavy atom. The summed E-state index contributed by atoms with van der Waals surface area (Å²) < 4.78 is 43.4. The topological polar surface area (TPSA) is 209 Å². The highest BCUT2D eigenvalue weighted by molar-refractivity contribution is 7.90. The number of anilines is 1. The number of nitrogens with one attached hydrogen (secondary N) is 2. The lowest BCUT2D eigenvalue weighted by Gasteiger charge is -2.35. The predicted octanol–water partition coefficient (Wildman–Crippen LogP) is 3.92. The molecule has 2 aromatic carbocycles. The highest BCUT2D eigenvalue weighted by Crippen LogP contribution is 2.41. The molecule has 3 aliphatic heterocycles. The van der Waals surface area contributed by atoms with Crippen LogP contribution in [0.3, 0.4) is 0 Å². The summed E-state index contributed by atoms with van der Waals surface area (Å²) in [6.45, 7) is 11.3. The summed E-state index contributed by atoms with van der Waals surface area (Å²) in [6.07, 6.45) is 3.58. The Hall–Kier alpha value is -4.77. The minimum atomic E-state index is -3.32. The second-order valence-corrected chi connectivity index (χ2v) is 18.2. The molecule has 2 aromatic rings. The minimum Gasteiger partial charge on any atom is -0.465 e. The van der Waals surface area contributed by atoms with Gasteiger partial charge in [-0.05, 0) is 79.3 Å². The molecule has 3 unspecified atom stereocenters. The van der Waals surface area contributed by atoms with Gasteiger partial charge in [0.1, 0.15) is 17.9 Å². The molecule has 5 N–H and O–H groups in total. The molecule has 5 amide bonds. The lowest BCUT2D eigenvalue weighted by molar-refractivity contribution is -0.139. The average Bonchev–Trinajstić information content (AvgIpc) is 4.09. The van der Waals surface area contributed by atoms with Crippen molar-refractivity contribution in [3.05, 3.63) is 65.0 Å². The molecule has 312 valence electrons. The van der Waals surface area contributed by atoms with Gasteiger partial charge < -0.3 is 30.7 Å². The van der Waals surface area contributed by atoms with Crippen LogP contribution in [0.5, 0.6) is 0 Å². The number of rotatable bonds is 9. The molecular formula is C40H55FN6O9S. The van der Waals surface area contributed by atoms with Gasteiger partial charge in [0, 0.05) is 48.9 Å². The molecule has 4 atom stereocenters. The Morgan fingerprint density at radius 1 is 0.965 bits per heavy atom. The monoisotopic (exact) mass is 814 g/mol. The van der Waals surface area contributed by atoms with Crippen LogP contribution in [-0.2, 0) is 42.2 Å². The number of carbonyl (C=O) groups excluding carboxylic acids is 4. The molecule has 2 aliphatic carbocycles. The summed E-state index contributed by atoms with van der Waals surface area (Å²) in [7, 11) is -3.32. The highest BCUT2D eigenvalue weighted by atomic mass is 32.2. The average molecular weight is 815 g/mol. The number of ether oxygens (including phenoxy) is 1.